The molecule has 31 heavy (non-hydrogen) atoms. The third-order valence-corrected chi connectivity index (χ3v) is 5.04. The van der Waals surface area contributed by atoms with E-state index in [2.05, 4.69) is 20.5 Å². The molecule has 1 aromatic heterocycles. The van der Waals surface area contributed by atoms with Gasteiger partial charge in [0.15, 0.2) is 11.7 Å². The van der Waals surface area contributed by atoms with Crippen LogP contribution in [0.3, 0.4) is 0 Å². The lowest BCUT2D eigenvalue weighted by Crippen LogP contribution is -2.53. The zero-order chi connectivity index (χ0) is 21.3. The normalized spacial score (nSPS) is 14.1. The maximum Gasteiger partial charge on any atom is 0.289 e. The fraction of sp³-hybridized carbons (Fsp3) is 0.381. The Bertz CT molecular complexity index is 883. The number of carbonyl (C=O) groups is 2. The highest BCUT2D eigenvalue weighted by atomic mass is 127. The maximum atomic E-state index is 12.4. The smallest absolute Gasteiger partial charge is 0.289 e. The summed E-state index contributed by atoms with van der Waals surface area (Å²) < 4.78 is 5.20. The summed E-state index contributed by atoms with van der Waals surface area (Å²) in [7, 11) is 0. The standard InChI is InChI=1S/C21H26ClN5O3.HI/c1-2-23-21(25-10-9-24-19(28)16-6-3-4-7-17(16)22)27-13-11-26(12-14-27)20(29)18-8-5-15-30-18;/h3-8,15H,2,9-14H2,1H3,(H,23,25)(H,24,28);1H. The Morgan fingerprint density at radius 2 is 1.77 bits per heavy atom. The van der Waals surface area contributed by atoms with Crippen molar-refractivity contribution in [1.29, 1.82) is 0 Å². The predicted octanol–water partition coefficient (Wildman–Crippen LogP) is 2.70. The topological polar surface area (TPSA) is 90.2 Å². The number of aliphatic imine (C=N–C) groups is 1. The summed E-state index contributed by atoms with van der Waals surface area (Å²) in [5, 5.41) is 6.54. The molecule has 8 nitrogen and oxygen atoms in total. The van der Waals surface area contributed by atoms with Crippen LogP contribution < -0.4 is 10.6 Å². The molecule has 3 rings (SSSR count). The fourth-order valence-corrected chi connectivity index (χ4v) is 3.40. The van der Waals surface area contributed by atoms with Gasteiger partial charge in [-0.25, -0.2) is 0 Å². The molecule has 0 radical (unpaired) electrons. The van der Waals surface area contributed by atoms with Crippen molar-refractivity contribution < 1.29 is 14.0 Å². The molecule has 168 valence electrons. The van der Waals surface area contributed by atoms with Crippen LogP contribution in [0.2, 0.25) is 5.02 Å². The lowest BCUT2D eigenvalue weighted by Gasteiger charge is -2.36. The van der Waals surface area contributed by atoms with Crippen LogP contribution in [-0.2, 0) is 0 Å². The number of guanidine groups is 1. The van der Waals surface area contributed by atoms with Crippen LogP contribution in [-0.4, -0.2) is 73.4 Å². The van der Waals surface area contributed by atoms with Crippen molar-refractivity contribution >= 4 is 53.4 Å². The van der Waals surface area contributed by atoms with Crippen LogP contribution in [0.25, 0.3) is 0 Å². The third-order valence-electron chi connectivity index (χ3n) is 4.71. The number of nitrogens with one attached hydrogen (secondary N) is 2. The predicted molar refractivity (Wildman–Crippen MR) is 131 cm³/mol. The lowest BCUT2D eigenvalue weighted by molar-refractivity contribution is 0.0657. The van der Waals surface area contributed by atoms with Gasteiger partial charge in [-0.1, -0.05) is 23.7 Å². The number of piperazine rings is 1. The van der Waals surface area contributed by atoms with Crippen molar-refractivity contribution in [3.63, 3.8) is 0 Å². The van der Waals surface area contributed by atoms with Crippen LogP contribution in [0.15, 0.2) is 52.1 Å². The molecule has 0 spiro atoms. The van der Waals surface area contributed by atoms with E-state index >= 15 is 0 Å². The van der Waals surface area contributed by atoms with Gasteiger partial charge in [0.25, 0.3) is 11.8 Å². The molecule has 2 N–H and O–H groups in total. The Morgan fingerprint density at radius 1 is 1.06 bits per heavy atom. The summed E-state index contributed by atoms with van der Waals surface area (Å²) in [6, 6.07) is 10.3. The Labute approximate surface area is 204 Å². The molecule has 2 aromatic rings. The summed E-state index contributed by atoms with van der Waals surface area (Å²) in [5.41, 5.74) is 0.451. The van der Waals surface area contributed by atoms with Gasteiger partial charge in [-0.15, -0.1) is 24.0 Å². The molecule has 0 saturated carbocycles. The second-order valence-corrected chi connectivity index (χ2v) is 7.14. The Hall–Kier alpha value is -2.27. The van der Waals surface area contributed by atoms with E-state index in [9.17, 15) is 9.59 Å². The number of furan rings is 1. The third kappa shape index (κ3) is 6.86. The second-order valence-electron chi connectivity index (χ2n) is 6.73. The van der Waals surface area contributed by atoms with E-state index in [1.807, 2.05) is 6.92 Å². The number of hydrogen-bond donors (Lipinski definition) is 2. The molecular weight excluding hydrogens is 533 g/mol. The molecule has 0 atom stereocenters. The van der Waals surface area contributed by atoms with Crippen LogP contribution in [0, 0.1) is 0 Å². The number of amides is 2. The van der Waals surface area contributed by atoms with Gasteiger partial charge in [-0.3, -0.25) is 14.6 Å². The van der Waals surface area contributed by atoms with Gasteiger partial charge in [-0.05, 0) is 31.2 Å². The molecule has 0 bridgehead atoms. The van der Waals surface area contributed by atoms with E-state index in [0.29, 0.717) is 55.6 Å². The summed E-state index contributed by atoms with van der Waals surface area (Å²) >= 11 is 6.05. The molecule has 0 aliphatic carbocycles. The Balaban J connectivity index is 0.00000341. The summed E-state index contributed by atoms with van der Waals surface area (Å²) in [5.74, 6) is 0.822. The fourth-order valence-electron chi connectivity index (χ4n) is 3.18. The largest absolute Gasteiger partial charge is 0.459 e. The molecule has 0 unspecified atom stereocenters. The van der Waals surface area contributed by atoms with Gasteiger partial charge in [0, 0.05) is 39.3 Å². The lowest BCUT2D eigenvalue weighted by atomic mass is 10.2. The first kappa shape index (κ1) is 25.0. The SMILES string of the molecule is CCNC(=NCCNC(=O)c1ccccc1Cl)N1CCN(C(=O)c2ccco2)CC1.I. The molecule has 1 saturated heterocycles. The number of hydrogen-bond acceptors (Lipinski definition) is 4. The first-order valence-electron chi connectivity index (χ1n) is 9.99. The molecule has 1 aliphatic heterocycles. The first-order chi connectivity index (χ1) is 14.6. The van der Waals surface area contributed by atoms with Crippen molar-refractivity contribution in [3.8, 4) is 0 Å². The van der Waals surface area contributed by atoms with E-state index in [1.54, 1.807) is 41.3 Å². The average Bonchev–Trinajstić information content (AvgIpc) is 3.30. The van der Waals surface area contributed by atoms with Gasteiger partial charge < -0.3 is 24.9 Å². The van der Waals surface area contributed by atoms with Crippen molar-refractivity contribution in [2.75, 3.05) is 45.8 Å². The number of halogens is 2. The van der Waals surface area contributed by atoms with Crippen LogP contribution in [0.4, 0.5) is 0 Å². The van der Waals surface area contributed by atoms with Crippen molar-refractivity contribution in [2.24, 2.45) is 4.99 Å². The molecule has 1 aliphatic rings. The zero-order valence-corrected chi connectivity index (χ0v) is 20.4. The average molecular weight is 560 g/mol. The highest BCUT2D eigenvalue weighted by Crippen LogP contribution is 2.14. The van der Waals surface area contributed by atoms with Gasteiger partial charge in [0.2, 0.25) is 0 Å². The van der Waals surface area contributed by atoms with E-state index in [1.165, 1.54) is 6.26 Å². The van der Waals surface area contributed by atoms with Crippen molar-refractivity contribution in [2.45, 2.75) is 6.92 Å². The summed E-state index contributed by atoms with van der Waals surface area (Å²) in [6.07, 6.45) is 1.50. The minimum absolute atomic E-state index is 0. The zero-order valence-electron chi connectivity index (χ0n) is 17.3. The van der Waals surface area contributed by atoms with Gasteiger partial charge in [0.05, 0.1) is 23.4 Å². The van der Waals surface area contributed by atoms with Gasteiger partial charge in [-0.2, -0.15) is 0 Å². The number of nitrogens with zero attached hydrogens (tertiary/aromatic N) is 3. The minimum Gasteiger partial charge on any atom is -0.459 e. The molecule has 2 amide bonds. The van der Waals surface area contributed by atoms with Crippen molar-refractivity contribution in [3.05, 3.63) is 59.0 Å². The molecule has 1 aromatic carbocycles. The molecule has 10 heteroatoms. The molecule has 1 fully saturated rings. The van der Waals surface area contributed by atoms with E-state index in [0.717, 1.165) is 12.5 Å². The van der Waals surface area contributed by atoms with E-state index < -0.39 is 0 Å². The molecular formula is C21H27ClIN5O3. The van der Waals surface area contributed by atoms with Crippen LogP contribution in [0.1, 0.15) is 27.8 Å². The van der Waals surface area contributed by atoms with Crippen LogP contribution >= 0.6 is 35.6 Å². The first-order valence-corrected chi connectivity index (χ1v) is 10.4. The minimum atomic E-state index is -0.217. The Morgan fingerprint density at radius 3 is 2.42 bits per heavy atom. The van der Waals surface area contributed by atoms with Gasteiger partial charge in [0.1, 0.15) is 0 Å². The van der Waals surface area contributed by atoms with E-state index in [4.69, 9.17) is 16.0 Å². The van der Waals surface area contributed by atoms with Crippen LogP contribution in [0.5, 0.6) is 0 Å². The summed E-state index contributed by atoms with van der Waals surface area (Å²) in [6.45, 7) is 6.09. The number of rotatable bonds is 6. The Kier molecular flexibility index (Phi) is 10.1. The molecule has 2 heterocycles. The summed E-state index contributed by atoms with van der Waals surface area (Å²) in [4.78, 5) is 33.1. The highest BCUT2D eigenvalue weighted by molar-refractivity contribution is 14.0. The quantitative estimate of drug-likeness (QED) is 0.246. The number of carbonyl (C=O) groups excluding carboxylic acids is 2. The maximum absolute atomic E-state index is 12.4. The highest BCUT2D eigenvalue weighted by Gasteiger charge is 2.25. The van der Waals surface area contributed by atoms with E-state index in [-0.39, 0.29) is 35.8 Å². The monoisotopic (exact) mass is 559 g/mol. The van der Waals surface area contributed by atoms with Gasteiger partial charge >= 0.3 is 0 Å². The second kappa shape index (κ2) is 12.6. The number of benzene rings is 1. The van der Waals surface area contributed by atoms with Crippen molar-refractivity contribution in [1.82, 2.24) is 20.4 Å².